The van der Waals surface area contributed by atoms with Crippen molar-refractivity contribution in [1.29, 1.82) is 0 Å². The molecule has 0 aromatic carbocycles. The Morgan fingerprint density at radius 3 is 2.83 bits per heavy atom. The quantitative estimate of drug-likeness (QED) is 0.911. The van der Waals surface area contributed by atoms with Gasteiger partial charge in [0.05, 0.1) is 7.11 Å². The molecular formula is C13H19N3OS. The molecule has 0 radical (unpaired) electrons. The van der Waals surface area contributed by atoms with Crippen LogP contribution in [0.15, 0.2) is 23.3 Å². The van der Waals surface area contributed by atoms with Gasteiger partial charge >= 0.3 is 0 Å². The molecule has 5 heteroatoms. The van der Waals surface area contributed by atoms with E-state index in [2.05, 4.69) is 29.1 Å². The van der Waals surface area contributed by atoms with Crippen LogP contribution in [0.3, 0.4) is 0 Å². The average Bonchev–Trinajstić information content (AvgIpc) is 2.38. The Hall–Kier alpha value is -1.23. The third kappa shape index (κ3) is 3.63. The molecule has 1 aliphatic heterocycles. The molecule has 0 amide bonds. The first-order valence-electron chi connectivity index (χ1n) is 5.99. The van der Waals surface area contributed by atoms with Crippen molar-refractivity contribution < 1.29 is 4.74 Å². The van der Waals surface area contributed by atoms with Crippen molar-refractivity contribution >= 4 is 16.9 Å². The minimum absolute atomic E-state index is 0.317. The van der Waals surface area contributed by atoms with Gasteiger partial charge in [-0.2, -0.15) is 0 Å². The summed E-state index contributed by atoms with van der Waals surface area (Å²) < 4.78 is 5.03. The highest BCUT2D eigenvalue weighted by Crippen LogP contribution is 2.27. The Labute approximate surface area is 112 Å². The number of hydrogen-bond acceptors (Lipinski definition) is 5. The zero-order chi connectivity index (χ0) is 13.0. The summed E-state index contributed by atoms with van der Waals surface area (Å²) in [6.07, 6.45) is 1.82. The molecular weight excluding hydrogens is 246 g/mol. The molecule has 1 aliphatic rings. The van der Waals surface area contributed by atoms with Gasteiger partial charge in [-0.3, -0.25) is 4.99 Å². The van der Waals surface area contributed by atoms with Crippen molar-refractivity contribution in [3.63, 3.8) is 0 Å². The molecule has 0 aliphatic carbocycles. The summed E-state index contributed by atoms with van der Waals surface area (Å²) in [4.78, 5) is 8.73. The number of aromatic nitrogens is 1. The molecule has 4 nitrogen and oxygen atoms in total. The Balaban J connectivity index is 1.86. The maximum absolute atomic E-state index is 5.03. The zero-order valence-corrected chi connectivity index (χ0v) is 11.9. The summed E-state index contributed by atoms with van der Waals surface area (Å²) in [6, 6.07) is 3.88. The highest BCUT2D eigenvalue weighted by atomic mass is 32.2. The second kappa shape index (κ2) is 5.61. The van der Waals surface area contributed by atoms with Crippen LogP contribution in [0, 0.1) is 5.41 Å². The Morgan fingerprint density at radius 2 is 2.28 bits per heavy atom. The van der Waals surface area contributed by atoms with Gasteiger partial charge in [0, 0.05) is 31.1 Å². The van der Waals surface area contributed by atoms with E-state index in [1.165, 1.54) is 0 Å². The number of nitrogens with one attached hydrogen (secondary N) is 1. The number of rotatable bonds is 3. The van der Waals surface area contributed by atoms with Crippen LogP contribution in [-0.2, 0) is 6.54 Å². The van der Waals surface area contributed by atoms with E-state index in [1.54, 1.807) is 18.9 Å². The monoisotopic (exact) mass is 265 g/mol. The number of hydrogen-bond donors (Lipinski definition) is 1. The molecule has 2 heterocycles. The number of pyridine rings is 1. The predicted molar refractivity (Wildman–Crippen MR) is 76.2 cm³/mol. The Kier molecular flexibility index (Phi) is 4.11. The third-order valence-corrected chi connectivity index (χ3v) is 4.17. The van der Waals surface area contributed by atoms with Gasteiger partial charge in [0.25, 0.3) is 0 Å². The summed E-state index contributed by atoms with van der Waals surface area (Å²) in [5.41, 5.74) is 1.45. The van der Waals surface area contributed by atoms with Gasteiger partial charge < -0.3 is 10.1 Å². The number of thioether (sulfide) groups is 1. The van der Waals surface area contributed by atoms with E-state index in [0.29, 0.717) is 11.3 Å². The van der Waals surface area contributed by atoms with Gasteiger partial charge in [-0.15, -0.1) is 0 Å². The zero-order valence-electron chi connectivity index (χ0n) is 11.1. The van der Waals surface area contributed by atoms with Crippen molar-refractivity contribution in [2.24, 2.45) is 10.4 Å². The van der Waals surface area contributed by atoms with Crippen molar-refractivity contribution in [1.82, 2.24) is 10.3 Å². The molecule has 0 atom stereocenters. The molecule has 0 unspecified atom stereocenters. The molecule has 0 fully saturated rings. The van der Waals surface area contributed by atoms with Crippen LogP contribution in [-0.4, -0.2) is 29.6 Å². The van der Waals surface area contributed by atoms with E-state index >= 15 is 0 Å². The predicted octanol–water partition coefficient (Wildman–Crippen LogP) is 2.31. The van der Waals surface area contributed by atoms with Crippen LogP contribution in [0.2, 0.25) is 0 Å². The SMILES string of the molecule is COc1ccc(CNC2=NCC(C)(C)CS2)cn1. The van der Waals surface area contributed by atoms with Gasteiger partial charge in [0.15, 0.2) is 5.17 Å². The summed E-state index contributed by atoms with van der Waals surface area (Å²) >= 11 is 1.79. The van der Waals surface area contributed by atoms with Crippen LogP contribution < -0.4 is 10.1 Å². The van der Waals surface area contributed by atoms with E-state index in [4.69, 9.17) is 4.74 Å². The minimum Gasteiger partial charge on any atom is -0.481 e. The van der Waals surface area contributed by atoms with E-state index in [1.807, 2.05) is 18.3 Å². The maximum atomic E-state index is 5.03. The first kappa shape index (κ1) is 13.2. The fourth-order valence-corrected chi connectivity index (χ4v) is 2.51. The highest BCUT2D eigenvalue weighted by Gasteiger charge is 2.23. The second-order valence-corrected chi connectivity index (χ2v) is 6.10. The molecule has 1 aromatic rings. The molecule has 0 bridgehead atoms. The molecule has 0 saturated carbocycles. The molecule has 18 heavy (non-hydrogen) atoms. The van der Waals surface area contributed by atoms with Gasteiger partial charge in [0.1, 0.15) is 0 Å². The van der Waals surface area contributed by atoms with Crippen molar-refractivity contribution in [3.05, 3.63) is 23.9 Å². The van der Waals surface area contributed by atoms with Crippen molar-refractivity contribution in [3.8, 4) is 5.88 Å². The molecule has 98 valence electrons. The molecule has 1 N–H and O–H groups in total. The van der Waals surface area contributed by atoms with Gasteiger partial charge in [0.2, 0.25) is 5.88 Å². The van der Waals surface area contributed by atoms with Crippen molar-refractivity contribution in [2.45, 2.75) is 20.4 Å². The summed E-state index contributed by atoms with van der Waals surface area (Å²) in [7, 11) is 1.62. The van der Waals surface area contributed by atoms with Crippen LogP contribution in [0.25, 0.3) is 0 Å². The molecule has 2 rings (SSSR count). The minimum atomic E-state index is 0.317. The van der Waals surface area contributed by atoms with E-state index in [-0.39, 0.29) is 0 Å². The fourth-order valence-electron chi connectivity index (χ4n) is 1.56. The van der Waals surface area contributed by atoms with Crippen LogP contribution in [0.5, 0.6) is 5.88 Å². The van der Waals surface area contributed by atoms with E-state index in [9.17, 15) is 0 Å². The summed E-state index contributed by atoms with van der Waals surface area (Å²) in [5.74, 6) is 1.75. The molecule has 1 aromatic heterocycles. The number of methoxy groups -OCH3 is 1. The smallest absolute Gasteiger partial charge is 0.212 e. The lowest BCUT2D eigenvalue weighted by Crippen LogP contribution is -2.31. The number of ether oxygens (including phenoxy) is 1. The lowest BCUT2D eigenvalue weighted by atomic mass is 9.97. The van der Waals surface area contributed by atoms with Gasteiger partial charge in [-0.25, -0.2) is 4.98 Å². The number of aliphatic imine (C=N–C) groups is 1. The topological polar surface area (TPSA) is 46.5 Å². The Morgan fingerprint density at radius 1 is 1.44 bits per heavy atom. The van der Waals surface area contributed by atoms with E-state index in [0.717, 1.165) is 29.6 Å². The first-order valence-corrected chi connectivity index (χ1v) is 6.98. The van der Waals surface area contributed by atoms with E-state index < -0.39 is 0 Å². The number of nitrogens with zero attached hydrogens (tertiary/aromatic N) is 2. The average molecular weight is 265 g/mol. The molecule has 0 spiro atoms. The molecule has 0 saturated heterocycles. The van der Waals surface area contributed by atoms with Crippen molar-refractivity contribution in [2.75, 3.05) is 19.4 Å². The highest BCUT2D eigenvalue weighted by molar-refractivity contribution is 8.13. The van der Waals surface area contributed by atoms with Crippen LogP contribution >= 0.6 is 11.8 Å². The fraction of sp³-hybridized carbons (Fsp3) is 0.538. The van der Waals surface area contributed by atoms with Crippen LogP contribution in [0.4, 0.5) is 0 Å². The standard InChI is InChI=1S/C13H19N3OS/c1-13(2)8-16-12(18-9-13)15-7-10-4-5-11(17-3)14-6-10/h4-6H,7-9H2,1-3H3,(H,15,16). The summed E-state index contributed by atoms with van der Waals surface area (Å²) in [5, 5.41) is 4.38. The van der Waals surface area contributed by atoms with Crippen LogP contribution in [0.1, 0.15) is 19.4 Å². The lowest BCUT2D eigenvalue weighted by Gasteiger charge is -2.27. The second-order valence-electron chi connectivity index (χ2n) is 5.14. The first-order chi connectivity index (χ1) is 8.59. The normalized spacial score (nSPS) is 18.1. The Bertz CT molecular complexity index is 428. The van der Waals surface area contributed by atoms with Gasteiger partial charge in [-0.05, 0) is 11.0 Å². The maximum Gasteiger partial charge on any atom is 0.212 e. The summed E-state index contributed by atoms with van der Waals surface area (Å²) in [6.45, 7) is 6.13. The third-order valence-electron chi connectivity index (χ3n) is 2.70. The number of amidine groups is 1. The van der Waals surface area contributed by atoms with Gasteiger partial charge in [-0.1, -0.05) is 31.7 Å². The largest absolute Gasteiger partial charge is 0.481 e. The lowest BCUT2D eigenvalue weighted by molar-refractivity contribution is 0.397.